The third-order valence-corrected chi connectivity index (χ3v) is 2.89. The summed E-state index contributed by atoms with van der Waals surface area (Å²) in [5.41, 5.74) is 0. The molecule has 0 aliphatic carbocycles. The van der Waals surface area contributed by atoms with E-state index in [4.69, 9.17) is 16.3 Å². The van der Waals surface area contributed by atoms with Crippen LogP contribution in [0.1, 0.15) is 12.8 Å². The summed E-state index contributed by atoms with van der Waals surface area (Å²) in [5.74, 6) is 1.66. The molecule has 0 fully saturated rings. The standard InChI is InChI=1S/C12H17BrClNO/c13-11-3-5-12(6-4-11)16-10-9-15-8-2-1-7-14/h3-6,15H,1-2,7-10H2. The van der Waals surface area contributed by atoms with E-state index >= 15 is 0 Å². The Morgan fingerprint density at radius 3 is 2.56 bits per heavy atom. The number of nitrogens with one attached hydrogen (secondary N) is 1. The average molecular weight is 307 g/mol. The van der Waals surface area contributed by atoms with Gasteiger partial charge in [0, 0.05) is 16.9 Å². The lowest BCUT2D eigenvalue weighted by atomic mass is 10.3. The van der Waals surface area contributed by atoms with Crippen LogP contribution in [0.3, 0.4) is 0 Å². The first-order chi connectivity index (χ1) is 7.83. The van der Waals surface area contributed by atoms with Crippen molar-refractivity contribution in [3.63, 3.8) is 0 Å². The lowest BCUT2D eigenvalue weighted by Crippen LogP contribution is -2.22. The summed E-state index contributed by atoms with van der Waals surface area (Å²) in [6, 6.07) is 7.86. The molecule has 2 nitrogen and oxygen atoms in total. The molecule has 0 bridgehead atoms. The van der Waals surface area contributed by atoms with Crippen LogP contribution in [-0.2, 0) is 0 Å². The zero-order valence-corrected chi connectivity index (χ0v) is 11.6. The van der Waals surface area contributed by atoms with E-state index in [2.05, 4.69) is 21.2 Å². The molecule has 0 spiro atoms. The minimum Gasteiger partial charge on any atom is -0.492 e. The Bertz CT molecular complexity index is 279. The molecule has 0 aliphatic rings. The number of rotatable bonds is 8. The number of alkyl halides is 1. The van der Waals surface area contributed by atoms with Gasteiger partial charge in [-0.05, 0) is 43.7 Å². The molecule has 1 aromatic rings. The second-order valence-electron chi connectivity index (χ2n) is 3.45. The molecule has 0 saturated heterocycles. The largest absolute Gasteiger partial charge is 0.492 e. The Kier molecular flexibility index (Phi) is 7.64. The van der Waals surface area contributed by atoms with Crippen molar-refractivity contribution in [2.45, 2.75) is 12.8 Å². The van der Waals surface area contributed by atoms with Gasteiger partial charge in [0.15, 0.2) is 0 Å². The maximum Gasteiger partial charge on any atom is 0.119 e. The fourth-order valence-electron chi connectivity index (χ4n) is 1.24. The van der Waals surface area contributed by atoms with Gasteiger partial charge in [-0.1, -0.05) is 15.9 Å². The molecule has 0 atom stereocenters. The van der Waals surface area contributed by atoms with Crippen LogP contribution in [-0.4, -0.2) is 25.6 Å². The average Bonchev–Trinajstić information content (AvgIpc) is 2.30. The number of unbranched alkanes of at least 4 members (excludes halogenated alkanes) is 1. The van der Waals surface area contributed by atoms with E-state index in [0.717, 1.165) is 42.0 Å². The molecule has 1 rings (SSSR count). The topological polar surface area (TPSA) is 21.3 Å². The van der Waals surface area contributed by atoms with Crippen LogP contribution in [0.25, 0.3) is 0 Å². The molecule has 0 saturated carbocycles. The van der Waals surface area contributed by atoms with Crippen LogP contribution < -0.4 is 10.1 Å². The highest BCUT2D eigenvalue weighted by atomic mass is 79.9. The fourth-order valence-corrected chi connectivity index (χ4v) is 1.69. The summed E-state index contributed by atoms with van der Waals surface area (Å²) in [6.45, 7) is 2.58. The van der Waals surface area contributed by atoms with Gasteiger partial charge in [0.25, 0.3) is 0 Å². The maximum atomic E-state index is 5.58. The number of halogens is 2. The fraction of sp³-hybridized carbons (Fsp3) is 0.500. The van der Waals surface area contributed by atoms with Crippen molar-refractivity contribution in [1.82, 2.24) is 5.32 Å². The zero-order chi connectivity index (χ0) is 11.6. The van der Waals surface area contributed by atoms with Crippen molar-refractivity contribution in [3.8, 4) is 5.75 Å². The predicted octanol–water partition coefficient (Wildman–Crippen LogP) is 3.44. The number of benzene rings is 1. The summed E-state index contributed by atoms with van der Waals surface area (Å²) in [7, 11) is 0. The second kappa shape index (κ2) is 8.85. The van der Waals surface area contributed by atoms with Crippen LogP contribution in [0.4, 0.5) is 0 Å². The molecule has 0 unspecified atom stereocenters. The molecule has 1 aromatic carbocycles. The normalized spacial score (nSPS) is 10.4. The van der Waals surface area contributed by atoms with Gasteiger partial charge in [-0.3, -0.25) is 0 Å². The van der Waals surface area contributed by atoms with E-state index in [1.807, 2.05) is 24.3 Å². The Morgan fingerprint density at radius 2 is 1.88 bits per heavy atom. The molecule has 0 heterocycles. The molecule has 0 aromatic heterocycles. The van der Waals surface area contributed by atoms with E-state index in [0.29, 0.717) is 6.61 Å². The summed E-state index contributed by atoms with van der Waals surface area (Å²) in [5, 5.41) is 3.31. The van der Waals surface area contributed by atoms with Crippen molar-refractivity contribution in [1.29, 1.82) is 0 Å². The Morgan fingerprint density at radius 1 is 1.12 bits per heavy atom. The molecule has 4 heteroatoms. The third kappa shape index (κ3) is 6.36. The van der Waals surface area contributed by atoms with E-state index < -0.39 is 0 Å². The first-order valence-electron chi connectivity index (χ1n) is 5.48. The first-order valence-corrected chi connectivity index (χ1v) is 6.81. The SMILES string of the molecule is ClCCCCNCCOc1ccc(Br)cc1. The molecule has 0 aliphatic heterocycles. The van der Waals surface area contributed by atoms with Gasteiger partial charge >= 0.3 is 0 Å². The summed E-state index contributed by atoms with van der Waals surface area (Å²) in [4.78, 5) is 0. The Hall–Kier alpha value is -0.250. The molecular formula is C12H17BrClNO. The van der Waals surface area contributed by atoms with Crippen molar-refractivity contribution in [2.24, 2.45) is 0 Å². The van der Waals surface area contributed by atoms with Crippen LogP contribution in [0.2, 0.25) is 0 Å². The van der Waals surface area contributed by atoms with Gasteiger partial charge in [-0.25, -0.2) is 0 Å². The molecule has 0 radical (unpaired) electrons. The number of hydrogen-bond acceptors (Lipinski definition) is 2. The highest BCUT2D eigenvalue weighted by Gasteiger charge is 1.93. The maximum absolute atomic E-state index is 5.58. The Balaban J connectivity index is 2.01. The highest BCUT2D eigenvalue weighted by molar-refractivity contribution is 9.10. The minimum atomic E-state index is 0.697. The minimum absolute atomic E-state index is 0.697. The lowest BCUT2D eigenvalue weighted by molar-refractivity contribution is 0.314. The predicted molar refractivity (Wildman–Crippen MR) is 72.5 cm³/mol. The number of hydrogen-bond donors (Lipinski definition) is 1. The highest BCUT2D eigenvalue weighted by Crippen LogP contribution is 2.15. The summed E-state index contributed by atoms with van der Waals surface area (Å²) >= 11 is 8.96. The van der Waals surface area contributed by atoms with Crippen molar-refractivity contribution in [2.75, 3.05) is 25.6 Å². The van der Waals surface area contributed by atoms with Crippen molar-refractivity contribution in [3.05, 3.63) is 28.7 Å². The summed E-state index contributed by atoms with van der Waals surface area (Å²) < 4.78 is 6.63. The van der Waals surface area contributed by atoms with Gasteiger partial charge in [0.05, 0.1) is 0 Å². The summed E-state index contributed by atoms with van der Waals surface area (Å²) in [6.07, 6.45) is 2.20. The van der Waals surface area contributed by atoms with Gasteiger partial charge in [-0.15, -0.1) is 11.6 Å². The van der Waals surface area contributed by atoms with Gasteiger partial charge in [0.1, 0.15) is 12.4 Å². The van der Waals surface area contributed by atoms with E-state index in [9.17, 15) is 0 Å². The molecule has 1 N–H and O–H groups in total. The van der Waals surface area contributed by atoms with E-state index in [1.54, 1.807) is 0 Å². The van der Waals surface area contributed by atoms with Crippen LogP contribution in [0.5, 0.6) is 5.75 Å². The Labute approximate surface area is 110 Å². The van der Waals surface area contributed by atoms with Crippen molar-refractivity contribution >= 4 is 27.5 Å². The quantitative estimate of drug-likeness (QED) is 0.587. The van der Waals surface area contributed by atoms with Crippen LogP contribution in [0.15, 0.2) is 28.7 Å². The van der Waals surface area contributed by atoms with Gasteiger partial charge in [-0.2, -0.15) is 0 Å². The van der Waals surface area contributed by atoms with Gasteiger partial charge in [0.2, 0.25) is 0 Å². The van der Waals surface area contributed by atoms with E-state index in [-0.39, 0.29) is 0 Å². The number of ether oxygens (including phenoxy) is 1. The second-order valence-corrected chi connectivity index (χ2v) is 4.74. The third-order valence-electron chi connectivity index (χ3n) is 2.10. The van der Waals surface area contributed by atoms with Crippen LogP contribution in [0, 0.1) is 0 Å². The van der Waals surface area contributed by atoms with Crippen LogP contribution >= 0.6 is 27.5 Å². The smallest absolute Gasteiger partial charge is 0.119 e. The van der Waals surface area contributed by atoms with Crippen molar-refractivity contribution < 1.29 is 4.74 Å². The van der Waals surface area contributed by atoms with Gasteiger partial charge < -0.3 is 10.1 Å². The molecule has 16 heavy (non-hydrogen) atoms. The lowest BCUT2D eigenvalue weighted by Gasteiger charge is -2.07. The zero-order valence-electron chi connectivity index (χ0n) is 9.22. The molecular weight excluding hydrogens is 289 g/mol. The molecule has 90 valence electrons. The first kappa shape index (κ1) is 13.8. The monoisotopic (exact) mass is 305 g/mol. The van der Waals surface area contributed by atoms with E-state index in [1.165, 1.54) is 0 Å². The molecule has 0 amide bonds.